The molecule has 4 heteroatoms. The first kappa shape index (κ1) is 13.1. The molecule has 2 rings (SSSR count). The number of carbonyl (C=O) groups is 1. The number of aromatic nitrogens is 1. The first-order valence-corrected chi connectivity index (χ1v) is 6.35. The van der Waals surface area contributed by atoms with Gasteiger partial charge in [-0.15, -0.1) is 0 Å². The van der Waals surface area contributed by atoms with Gasteiger partial charge in [-0.3, -0.25) is 9.78 Å². The van der Waals surface area contributed by atoms with Crippen molar-refractivity contribution in [3.05, 3.63) is 54.4 Å². The number of amides is 1. The largest absolute Gasteiger partial charge is 0.355 e. The van der Waals surface area contributed by atoms with Crippen LogP contribution >= 0.6 is 0 Å². The Bertz CT molecular complexity index is 540. The smallest absolute Gasteiger partial charge is 0.253 e. The number of hydrogen-bond donors (Lipinski definition) is 2. The first-order valence-electron chi connectivity index (χ1n) is 6.35. The van der Waals surface area contributed by atoms with E-state index in [9.17, 15) is 4.79 Å². The van der Waals surface area contributed by atoms with E-state index in [1.807, 2.05) is 43.3 Å². The Morgan fingerprint density at radius 3 is 2.63 bits per heavy atom. The summed E-state index contributed by atoms with van der Waals surface area (Å²) in [6.07, 6.45) is 4.34. The van der Waals surface area contributed by atoms with Crippen LogP contribution in [0.1, 0.15) is 23.7 Å². The number of pyridine rings is 1. The number of benzene rings is 1. The van der Waals surface area contributed by atoms with Gasteiger partial charge in [0.15, 0.2) is 0 Å². The minimum atomic E-state index is -0.0565. The van der Waals surface area contributed by atoms with E-state index < -0.39 is 0 Å². The van der Waals surface area contributed by atoms with E-state index in [1.165, 1.54) is 0 Å². The summed E-state index contributed by atoms with van der Waals surface area (Å²) in [5.41, 5.74) is 2.35. The van der Waals surface area contributed by atoms with Crippen molar-refractivity contribution in [3.8, 4) is 0 Å². The van der Waals surface area contributed by atoms with Crippen molar-refractivity contribution in [1.82, 2.24) is 10.3 Å². The van der Waals surface area contributed by atoms with Crippen molar-refractivity contribution < 1.29 is 4.79 Å². The molecule has 0 unspecified atom stereocenters. The van der Waals surface area contributed by atoms with Gasteiger partial charge in [-0.2, -0.15) is 0 Å². The van der Waals surface area contributed by atoms with Gasteiger partial charge in [0, 0.05) is 24.6 Å². The van der Waals surface area contributed by atoms with Crippen molar-refractivity contribution in [3.63, 3.8) is 0 Å². The minimum absolute atomic E-state index is 0.0565. The van der Waals surface area contributed by atoms with Crippen molar-refractivity contribution in [1.29, 1.82) is 0 Å². The van der Waals surface area contributed by atoms with E-state index in [2.05, 4.69) is 15.6 Å². The molecule has 2 N–H and O–H groups in total. The van der Waals surface area contributed by atoms with Crippen molar-refractivity contribution in [2.24, 2.45) is 0 Å². The summed E-state index contributed by atoms with van der Waals surface area (Å²) in [5, 5.41) is 6.11. The van der Waals surface area contributed by atoms with E-state index >= 15 is 0 Å². The lowest BCUT2D eigenvalue weighted by molar-refractivity contribution is 0.0954. The molecule has 0 saturated heterocycles. The van der Waals surface area contributed by atoms with Crippen molar-refractivity contribution >= 4 is 17.3 Å². The van der Waals surface area contributed by atoms with Gasteiger partial charge in [-0.05, 0) is 30.7 Å². The second-order valence-corrected chi connectivity index (χ2v) is 4.16. The van der Waals surface area contributed by atoms with Gasteiger partial charge in [0.1, 0.15) is 0 Å². The number of nitrogens with one attached hydrogen (secondary N) is 2. The molecule has 0 spiro atoms. The predicted molar refractivity (Wildman–Crippen MR) is 76.6 cm³/mol. The third-order valence-corrected chi connectivity index (χ3v) is 2.67. The highest BCUT2D eigenvalue weighted by atomic mass is 16.1. The summed E-state index contributed by atoms with van der Waals surface area (Å²) in [6, 6.07) is 11.2. The summed E-state index contributed by atoms with van der Waals surface area (Å²) in [7, 11) is 0. The Morgan fingerprint density at radius 1 is 1.16 bits per heavy atom. The first-order chi connectivity index (χ1) is 9.31. The van der Waals surface area contributed by atoms with E-state index in [4.69, 9.17) is 0 Å². The van der Waals surface area contributed by atoms with Crippen LogP contribution in [-0.4, -0.2) is 17.4 Å². The Kier molecular flexibility index (Phi) is 4.50. The molecule has 98 valence electrons. The average molecular weight is 255 g/mol. The second-order valence-electron chi connectivity index (χ2n) is 4.16. The van der Waals surface area contributed by atoms with E-state index in [0.717, 1.165) is 17.8 Å². The SMILES string of the molecule is CCCNC(=O)c1ccccc1Nc1ccncc1. The lowest BCUT2D eigenvalue weighted by atomic mass is 10.1. The topological polar surface area (TPSA) is 54.0 Å². The normalized spacial score (nSPS) is 9.95. The Labute approximate surface area is 112 Å². The highest BCUT2D eigenvalue weighted by molar-refractivity contribution is 6.00. The fourth-order valence-electron chi connectivity index (χ4n) is 1.71. The molecule has 0 bridgehead atoms. The third-order valence-electron chi connectivity index (χ3n) is 2.67. The molecule has 0 saturated carbocycles. The summed E-state index contributed by atoms with van der Waals surface area (Å²) in [6.45, 7) is 2.71. The summed E-state index contributed by atoms with van der Waals surface area (Å²) >= 11 is 0. The number of carbonyl (C=O) groups excluding carboxylic acids is 1. The zero-order valence-electron chi connectivity index (χ0n) is 10.9. The summed E-state index contributed by atoms with van der Waals surface area (Å²) in [4.78, 5) is 16.0. The quantitative estimate of drug-likeness (QED) is 0.863. The molecule has 4 nitrogen and oxygen atoms in total. The fraction of sp³-hybridized carbons (Fsp3) is 0.200. The van der Waals surface area contributed by atoms with Gasteiger partial charge in [-0.1, -0.05) is 19.1 Å². The van der Waals surface area contributed by atoms with Gasteiger partial charge in [0.05, 0.1) is 11.3 Å². The molecule has 1 amide bonds. The number of para-hydroxylation sites is 1. The van der Waals surface area contributed by atoms with Gasteiger partial charge < -0.3 is 10.6 Å². The van der Waals surface area contributed by atoms with Crippen molar-refractivity contribution in [2.45, 2.75) is 13.3 Å². The standard InChI is InChI=1S/C15H17N3O/c1-2-9-17-15(19)13-5-3-4-6-14(13)18-12-7-10-16-11-8-12/h3-8,10-11H,2,9H2,1H3,(H,16,18)(H,17,19). The molecule has 0 radical (unpaired) electrons. The van der Waals surface area contributed by atoms with Gasteiger partial charge in [0.25, 0.3) is 5.91 Å². The molecular formula is C15H17N3O. The van der Waals surface area contributed by atoms with Crippen LogP contribution in [0.25, 0.3) is 0 Å². The molecule has 0 aliphatic carbocycles. The lowest BCUT2D eigenvalue weighted by Crippen LogP contribution is -2.24. The van der Waals surface area contributed by atoms with Crippen molar-refractivity contribution in [2.75, 3.05) is 11.9 Å². The Balaban J connectivity index is 2.19. The highest BCUT2D eigenvalue weighted by Crippen LogP contribution is 2.20. The molecule has 2 aromatic rings. The van der Waals surface area contributed by atoms with Crippen LogP contribution in [-0.2, 0) is 0 Å². The second kappa shape index (κ2) is 6.54. The molecule has 0 aliphatic rings. The Hall–Kier alpha value is -2.36. The molecular weight excluding hydrogens is 238 g/mol. The fourth-order valence-corrected chi connectivity index (χ4v) is 1.71. The lowest BCUT2D eigenvalue weighted by Gasteiger charge is -2.11. The number of hydrogen-bond acceptors (Lipinski definition) is 3. The van der Waals surface area contributed by atoms with Gasteiger partial charge in [-0.25, -0.2) is 0 Å². The average Bonchev–Trinajstić information content (AvgIpc) is 2.46. The number of anilines is 2. The summed E-state index contributed by atoms with van der Waals surface area (Å²) < 4.78 is 0. The maximum Gasteiger partial charge on any atom is 0.253 e. The van der Waals surface area contributed by atoms with Crippen LogP contribution in [0.5, 0.6) is 0 Å². The minimum Gasteiger partial charge on any atom is -0.355 e. The van der Waals surface area contributed by atoms with E-state index in [1.54, 1.807) is 12.4 Å². The zero-order valence-corrected chi connectivity index (χ0v) is 10.9. The maximum absolute atomic E-state index is 12.1. The third kappa shape index (κ3) is 3.55. The maximum atomic E-state index is 12.1. The molecule has 1 aromatic carbocycles. The molecule has 0 aliphatic heterocycles. The van der Waals surface area contributed by atoms with E-state index in [-0.39, 0.29) is 5.91 Å². The highest BCUT2D eigenvalue weighted by Gasteiger charge is 2.09. The molecule has 0 atom stereocenters. The van der Waals surface area contributed by atoms with E-state index in [0.29, 0.717) is 12.1 Å². The zero-order chi connectivity index (χ0) is 13.5. The number of rotatable bonds is 5. The Morgan fingerprint density at radius 2 is 1.89 bits per heavy atom. The molecule has 0 fully saturated rings. The van der Waals surface area contributed by atoms with Crippen LogP contribution < -0.4 is 10.6 Å². The molecule has 1 heterocycles. The monoisotopic (exact) mass is 255 g/mol. The predicted octanol–water partition coefficient (Wildman–Crippen LogP) is 2.97. The van der Waals surface area contributed by atoms with Gasteiger partial charge >= 0.3 is 0 Å². The molecule has 1 aromatic heterocycles. The van der Waals surface area contributed by atoms with Crippen LogP contribution in [0.15, 0.2) is 48.8 Å². The molecule has 19 heavy (non-hydrogen) atoms. The van der Waals surface area contributed by atoms with Crippen LogP contribution in [0, 0.1) is 0 Å². The van der Waals surface area contributed by atoms with Crippen LogP contribution in [0.4, 0.5) is 11.4 Å². The summed E-state index contributed by atoms with van der Waals surface area (Å²) in [5.74, 6) is -0.0565. The van der Waals surface area contributed by atoms with Crippen LogP contribution in [0.3, 0.4) is 0 Å². The van der Waals surface area contributed by atoms with Crippen LogP contribution in [0.2, 0.25) is 0 Å². The number of nitrogens with zero attached hydrogens (tertiary/aromatic N) is 1. The van der Waals surface area contributed by atoms with Gasteiger partial charge in [0.2, 0.25) is 0 Å².